The van der Waals surface area contributed by atoms with Crippen LogP contribution in [-0.4, -0.2) is 56.0 Å². The second-order valence-electron chi connectivity index (χ2n) is 10.4. The first-order valence-corrected chi connectivity index (χ1v) is 13.8. The number of hydrogen-bond acceptors (Lipinski definition) is 5. The van der Waals surface area contributed by atoms with Crippen LogP contribution in [0.25, 0.3) is 0 Å². The van der Waals surface area contributed by atoms with Crippen molar-refractivity contribution in [1.29, 1.82) is 0 Å². The van der Waals surface area contributed by atoms with Crippen LogP contribution in [0.3, 0.4) is 0 Å². The third kappa shape index (κ3) is 7.26. The van der Waals surface area contributed by atoms with Gasteiger partial charge in [-0.1, -0.05) is 0 Å². The maximum absolute atomic E-state index is 15.6. The van der Waals surface area contributed by atoms with Gasteiger partial charge in [-0.3, -0.25) is 4.79 Å². The normalized spacial score (nSPS) is 24.5. The fraction of sp³-hybridized carbons (Fsp3) is 0.708. The standard InChI is InChI=1S/C24H29F8NO5S/c1-13(21(34)35)12-38-18-10-19-17(9-16(18)24(30,31)32)33(15-4-7-23(28,29)8-5-15)11-14(3-6-22(2,26)27)20(25)39(19,36)37/h9-10,13-15,20H,3-8,11-12H2,1-2H3,(H,34,35)/t13-,14+,20-/m1/s1. The van der Waals surface area contributed by atoms with Gasteiger partial charge in [0.05, 0.1) is 22.1 Å². The summed E-state index contributed by atoms with van der Waals surface area (Å²) in [6, 6.07) is -0.0341. The fourth-order valence-corrected chi connectivity index (χ4v) is 6.49. The van der Waals surface area contributed by atoms with E-state index < -0.39 is 118 Å². The molecule has 0 amide bonds. The van der Waals surface area contributed by atoms with Crippen molar-refractivity contribution in [2.24, 2.45) is 11.8 Å². The Hall–Kier alpha value is -2.32. The first-order chi connectivity index (χ1) is 17.7. The quantitative estimate of drug-likeness (QED) is 0.354. The zero-order chi connectivity index (χ0) is 29.6. The van der Waals surface area contributed by atoms with Crippen molar-refractivity contribution in [2.75, 3.05) is 18.1 Å². The van der Waals surface area contributed by atoms with E-state index in [2.05, 4.69) is 0 Å². The van der Waals surface area contributed by atoms with E-state index in [9.17, 15) is 43.9 Å². The smallest absolute Gasteiger partial charge is 0.420 e. The van der Waals surface area contributed by atoms with Gasteiger partial charge >= 0.3 is 12.1 Å². The van der Waals surface area contributed by atoms with Crippen molar-refractivity contribution in [3.63, 3.8) is 0 Å². The van der Waals surface area contributed by atoms with E-state index in [1.165, 1.54) is 0 Å². The Labute approximate surface area is 220 Å². The molecule has 3 atom stereocenters. The molecule has 0 saturated heterocycles. The Bertz CT molecular complexity index is 1160. The van der Waals surface area contributed by atoms with Crippen molar-refractivity contribution in [3.05, 3.63) is 17.7 Å². The number of carboxylic acid groups (broad SMARTS) is 1. The van der Waals surface area contributed by atoms with Crippen LogP contribution in [-0.2, 0) is 20.8 Å². The van der Waals surface area contributed by atoms with Gasteiger partial charge < -0.3 is 14.7 Å². The average molecular weight is 596 g/mol. The first kappa shape index (κ1) is 31.2. The summed E-state index contributed by atoms with van der Waals surface area (Å²) < 4.78 is 144. The molecule has 6 nitrogen and oxygen atoms in total. The van der Waals surface area contributed by atoms with Crippen LogP contribution >= 0.6 is 0 Å². The van der Waals surface area contributed by atoms with E-state index in [0.717, 1.165) is 11.8 Å². The Morgan fingerprint density at radius 3 is 2.28 bits per heavy atom. The number of rotatable bonds is 8. The summed E-state index contributed by atoms with van der Waals surface area (Å²) in [5.41, 5.74) is -4.85. The van der Waals surface area contributed by atoms with Gasteiger partial charge in [0.15, 0.2) is 0 Å². The molecule has 0 radical (unpaired) electrons. The number of carbonyl (C=O) groups is 1. The number of anilines is 1. The lowest BCUT2D eigenvalue weighted by Gasteiger charge is -2.39. The maximum atomic E-state index is 15.6. The minimum Gasteiger partial charge on any atom is -0.492 e. The molecular formula is C24H29F8NO5S. The topological polar surface area (TPSA) is 83.9 Å². The molecule has 1 heterocycles. The molecule has 39 heavy (non-hydrogen) atoms. The molecule has 1 aromatic carbocycles. The summed E-state index contributed by atoms with van der Waals surface area (Å²) in [7, 11) is -5.07. The molecule has 1 fully saturated rings. The molecule has 1 aromatic rings. The Morgan fingerprint density at radius 1 is 1.18 bits per heavy atom. The summed E-state index contributed by atoms with van der Waals surface area (Å²) in [4.78, 5) is 11.3. The van der Waals surface area contributed by atoms with Crippen LogP contribution in [0.15, 0.2) is 17.0 Å². The molecule has 0 spiro atoms. The molecule has 0 aromatic heterocycles. The summed E-state index contributed by atoms with van der Waals surface area (Å²) >= 11 is 0. The predicted octanol–water partition coefficient (Wildman–Crippen LogP) is 6.32. The van der Waals surface area contributed by atoms with Crippen LogP contribution in [0, 0.1) is 11.8 Å². The van der Waals surface area contributed by atoms with Gasteiger partial charge in [-0.2, -0.15) is 13.2 Å². The zero-order valence-electron chi connectivity index (χ0n) is 21.1. The van der Waals surface area contributed by atoms with Gasteiger partial charge in [0.1, 0.15) is 12.4 Å². The summed E-state index contributed by atoms with van der Waals surface area (Å²) in [5, 5.41) is 9.03. The lowest BCUT2D eigenvalue weighted by Crippen LogP contribution is -2.44. The van der Waals surface area contributed by atoms with Crippen LogP contribution in [0.4, 0.5) is 40.8 Å². The summed E-state index contributed by atoms with van der Waals surface area (Å²) in [5.74, 6) is -11.7. The van der Waals surface area contributed by atoms with E-state index in [1.807, 2.05) is 0 Å². The number of ether oxygens (including phenoxy) is 1. The maximum Gasteiger partial charge on any atom is 0.420 e. The second-order valence-corrected chi connectivity index (χ2v) is 12.3. The monoisotopic (exact) mass is 595 g/mol. The minimum absolute atomic E-state index is 0.254. The van der Waals surface area contributed by atoms with Gasteiger partial charge in [0.2, 0.25) is 27.2 Å². The van der Waals surface area contributed by atoms with Crippen molar-refractivity contribution >= 4 is 21.5 Å². The van der Waals surface area contributed by atoms with Crippen LogP contribution < -0.4 is 9.64 Å². The second kappa shape index (κ2) is 10.9. The Balaban J connectivity index is 2.18. The van der Waals surface area contributed by atoms with Crippen molar-refractivity contribution < 1.29 is 58.2 Å². The molecule has 1 saturated carbocycles. The van der Waals surface area contributed by atoms with E-state index in [4.69, 9.17) is 9.84 Å². The van der Waals surface area contributed by atoms with Crippen molar-refractivity contribution in [3.8, 4) is 5.75 Å². The van der Waals surface area contributed by atoms with Gasteiger partial charge in [-0.05, 0) is 39.2 Å². The Kier molecular flexibility index (Phi) is 8.74. The molecule has 0 bridgehead atoms. The highest BCUT2D eigenvalue weighted by molar-refractivity contribution is 7.92. The van der Waals surface area contributed by atoms with E-state index in [-0.39, 0.29) is 12.8 Å². The molecular weight excluding hydrogens is 566 g/mol. The highest BCUT2D eigenvalue weighted by Gasteiger charge is 2.47. The van der Waals surface area contributed by atoms with E-state index in [1.54, 1.807) is 0 Å². The molecule has 3 rings (SSSR count). The molecule has 15 heteroatoms. The SMILES string of the molecule is C[C@H](COc1cc2c(cc1C(F)(F)F)N(C1CCC(F)(F)CC1)C[C@H](CCC(C)(F)F)[C@H](F)S2(=O)=O)C(=O)O. The number of alkyl halides is 8. The molecule has 1 aliphatic carbocycles. The van der Waals surface area contributed by atoms with Gasteiger partial charge in [-0.25, -0.2) is 30.4 Å². The molecule has 0 unspecified atom stereocenters. The lowest BCUT2D eigenvalue weighted by atomic mass is 9.89. The highest BCUT2D eigenvalue weighted by atomic mass is 32.2. The largest absolute Gasteiger partial charge is 0.492 e. The van der Waals surface area contributed by atoms with Crippen LogP contribution in [0.2, 0.25) is 0 Å². The summed E-state index contributed by atoms with van der Waals surface area (Å²) in [6.45, 7) is 0.333. The number of nitrogens with zero attached hydrogens (tertiary/aromatic N) is 1. The average Bonchev–Trinajstić information content (AvgIpc) is 2.88. The highest BCUT2D eigenvalue weighted by Crippen LogP contribution is 2.48. The number of hydrogen-bond donors (Lipinski definition) is 1. The third-order valence-electron chi connectivity index (χ3n) is 7.07. The predicted molar refractivity (Wildman–Crippen MR) is 124 cm³/mol. The number of aliphatic carboxylic acids is 1. The summed E-state index contributed by atoms with van der Waals surface area (Å²) in [6.07, 6.45) is -8.47. The van der Waals surface area contributed by atoms with E-state index >= 15 is 4.39 Å². The van der Waals surface area contributed by atoms with Crippen LogP contribution in [0.5, 0.6) is 5.75 Å². The van der Waals surface area contributed by atoms with Gasteiger partial charge in [0.25, 0.3) is 0 Å². The molecule has 1 aliphatic heterocycles. The molecule has 1 N–H and O–H groups in total. The van der Waals surface area contributed by atoms with Gasteiger partial charge in [0, 0.05) is 43.8 Å². The fourth-order valence-electron chi connectivity index (χ4n) is 4.78. The Morgan fingerprint density at radius 2 is 1.77 bits per heavy atom. The third-order valence-corrected chi connectivity index (χ3v) is 8.99. The number of fused-ring (bicyclic) bond motifs is 1. The first-order valence-electron chi connectivity index (χ1n) is 12.2. The molecule has 222 valence electrons. The number of halogens is 8. The number of carboxylic acids is 1. The van der Waals surface area contributed by atoms with Gasteiger partial charge in [-0.15, -0.1) is 0 Å². The van der Waals surface area contributed by atoms with E-state index in [0.29, 0.717) is 19.1 Å². The van der Waals surface area contributed by atoms with Crippen LogP contribution in [0.1, 0.15) is 57.9 Å². The van der Waals surface area contributed by atoms with Crippen molar-refractivity contribution in [1.82, 2.24) is 0 Å². The number of benzene rings is 1. The minimum atomic E-state index is -5.13. The number of sulfone groups is 1. The molecule has 2 aliphatic rings. The zero-order valence-corrected chi connectivity index (χ0v) is 21.9. The van der Waals surface area contributed by atoms with Crippen molar-refractivity contribution in [2.45, 2.75) is 86.8 Å². The lowest BCUT2D eigenvalue weighted by molar-refractivity contribution is -0.142.